The third-order valence-corrected chi connectivity index (χ3v) is 2.83. The minimum Gasteiger partial charge on any atom is -0.504 e. The van der Waals surface area contributed by atoms with Crippen molar-refractivity contribution in [3.63, 3.8) is 0 Å². The first kappa shape index (κ1) is 12.3. The number of rotatable bonds is 4. The third kappa shape index (κ3) is 2.40. The number of anilines is 1. The second-order valence-corrected chi connectivity index (χ2v) is 4.16. The lowest BCUT2D eigenvalue weighted by atomic mass is 10.2. The number of phenols is 1. The van der Waals surface area contributed by atoms with Crippen molar-refractivity contribution in [2.45, 2.75) is 13.5 Å². The quantitative estimate of drug-likeness (QED) is 0.868. The summed E-state index contributed by atoms with van der Waals surface area (Å²) < 4.78 is 6.87. The highest BCUT2D eigenvalue weighted by Crippen LogP contribution is 2.26. The Kier molecular flexibility index (Phi) is 3.41. The predicted molar refractivity (Wildman–Crippen MR) is 69.9 cm³/mol. The highest BCUT2D eigenvalue weighted by atomic mass is 16.5. The molecule has 0 amide bonds. The molecule has 1 heterocycles. The molecule has 0 aliphatic rings. The van der Waals surface area contributed by atoms with E-state index in [-0.39, 0.29) is 5.75 Å². The number of hydrogen-bond acceptors (Lipinski definition) is 4. The van der Waals surface area contributed by atoms with Gasteiger partial charge in [0.05, 0.1) is 13.3 Å². The number of phenolic OH excluding ortho intramolecular Hbond substituents is 1. The van der Waals surface area contributed by atoms with E-state index in [2.05, 4.69) is 10.4 Å². The van der Waals surface area contributed by atoms with Crippen molar-refractivity contribution in [2.75, 3.05) is 12.4 Å². The number of hydrogen-bond donors (Lipinski definition) is 2. The van der Waals surface area contributed by atoms with Crippen molar-refractivity contribution in [1.82, 2.24) is 9.78 Å². The Morgan fingerprint density at radius 2 is 2.22 bits per heavy atom. The van der Waals surface area contributed by atoms with Gasteiger partial charge in [-0.15, -0.1) is 0 Å². The number of benzene rings is 1. The summed E-state index contributed by atoms with van der Waals surface area (Å²) in [6.07, 6.45) is 1.82. The van der Waals surface area contributed by atoms with Crippen LogP contribution in [-0.2, 0) is 13.6 Å². The van der Waals surface area contributed by atoms with Gasteiger partial charge in [0.1, 0.15) is 5.82 Å². The highest BCUT2D eigenvalue weighted by molar-refractivity contribution is 5.46. The molecule has 2 rings (SSSR count). The van der Waals surface area contributed by atoms with Gasteiger partial charge in [-0.05, 0) is 24.6 Å². The van der Waals surface area contributed by atoms with Crippen molar-refractivity contribution in [2.24, 2.45) is 7.05 Å². The first-order valence-electron chi connectivity index (χ1n) is 5.70. The van der Waals surface area contributed by atoms with Crippen molar-refractivity contribution in [3.05, 3.63) is 35.5 Å². The van der Waals surface area contributed by atoms with E-state index in [0.717, 1.165) is 16.9 Å². The SMILES string of the molecule is COc1cc(CNc2c(C)cnn2C)ccc1O. The molecule has 0 bridgehead atoms. The van der Waals surface area contributed by atoms with Crippen LogP contribution in [0.25, 0.3) is 0 Å². The van der Waals surface area contributed by atoms with Crippen molar-refractivity contribution < 1.29 is 9.84 Å². The second-order valence-electron chi connectivity index (χ2n) is 4.16. The number of ether oxygens (including phenoxy) is 1. The van der Waals surface area contributed by atoms with Crippen LogP contribution in [0.4, 0.5) is 5.82 Å². The molecule has 5 heteroatoms. The lowest BCUT2D eigenvalue weighted by molar-refractivity contribution is 0.373. The van der Waals surface area contributed by atoms with Crippen LogP contribution in [0, 0.1) is 6.92 Å². The van der Waals surface area contributed by atoms with Crippen LogP contribution in [0.1, 0.15) is 11.1 Å². The predicted octanol–water partition coefficient (Wildman–Crippen LogP) is 2.05. The van der Waals surface area contributed by atoms with E-state index in [9.17, 15) is 5.11 Å². The Bertz CT molecular complexity index is 530. The summed E-state index contributed by atoms with van der Waals surface area (Å²) >= 11 is 0. The molecular weight excluding hydrogens is 230 g/mol. The second kappa shape index (κ2) is 5.00. The maximum Gasteiger partial charge on any atom is 0.160 e. The van der Waals surface area contributed by atoms with E-state index in [1.807, 2.05) is 32.3 Å². The van der Waals surface area contributed by atoms with Crippen molar-refractivity contribution >= 4 is 5.82 Å². The average molecular weight is 247 g/mol. The van der Waals surface area contributed by atoms with E-state index >= 15 is 0 Å². The van der Waals surface area contributed by atoms with Gasteiger partial charge in [0, 0.05) is 19.2 Å². The van der Waals surface area contributed by atoms with Crippen LogP contribution < -0.4 is 10.1 Å². The molecule has 0 aliphatic heterocycles. The maximum atomic E-state index is 9.52. The van der Waals surface area contributed by atoms with Gasteiger partial charge in [-0.2, -0.15) is 5.10 Å². The average Bonchev–Trinajstić information content (AvgIpc) is 2.68. The molecule has 2 aromatic rings. The summed E-state index contributed by atoms with van der Waals surface area (Å²) in [5.74, 6) is 1.62. The molecule has 0 radical (unpaired) electrons. The molecule has 1 aromatic carbocycles. The van der Waals surface area contributed by atoms with E-state index in [1.165, 1.54) is 7.11 Å². The fourth-order valence-corrected chi connectivity index (χ4v) is 1.82. The Morgan fingerprint density at radius 1 is 1.44 bits per heavy atom. The fraction of sp³-hybridized carbons (Fsp3) is 0.308. The number of aromatic nitrogens is 2. The van der Waals surface area contributed by atoms with E-state index < -0.39 is 0 Å². The first-order chi connectivity index (χ1) is 8.61. The molecule has 5 nitrogen and oxygen atoms in total. The van der Waals surface area contributed by atoms with Gasteiger partial charge in [0.15, 0.2) is 11.5 Å². The lowest BCUT2D eigenvalue weighted by Crippen LogP contribution is -2.05. The van der Waals surface area contributed by atoms with Crippen LogP contribution in [0.15, 0.2) is 24.4 Å². The monoisotopic (exact) mass is 247 g/mol. The van der Waals surface area contributed by atoms with Crippen LogP contribution in [0.2, 0.25) is 0 Å². The number of aromatic hydroxyl groups is 1. The number of nitrogens with zero attached hydrogens (tertiary/aromatic N) is 2. The van der Waals surface area contributed by atoms with Gasteiger partial charge >= 0.3 is 0 Å². The minimum atomic E-state index is 0.151. The molecule has 0 atom stereocenters. The molecule has 0 saturated heterocycles. The number of methoxy groups -OCH3 is 1. The standard InChI is InChI=1S/C13H17N3O2/c1-9-7-15-16(2)13(9)14-8-10-4-5-11(17)12(6-10)18-3/h4-7,14,17H,8H2,1-3H3. The van der Waals surface area contributed by atoms with Gasteiger partial charge < -0.3 is 15.2 Å². The van der Waals surface area contributed by atoms with E-state index in [4.69, 9.17) is 4.74 Å². The Balaban J connectivity index is 2.11. The first-order valence-corrected chi connectivity index (χ1v) is 5.70. The number of nitrogens with one attached hydrogen (secondary N) is 1. The summed E-state index contributed by atoms with van der Waals surface area (Å²) in [7, 11) is 3.43. The zero-order valence-corrected chi connectivity index (χ0v) is 10.8. The zero-order chi connectivity index (χ0) is 13.1. The lowest BCUT2D eigenvalue weighted by Gasteiger charge is -2.10. The Labute approximate surface area is 106 Å². The molecular formula is C13H17N3O2. The van der Waals surface area contributed by atoms with Gasteiger partial charge in [-0.3, -0.25) is 4.68 Å². The molecule has 0 saturated carbocycles. The Hall–Kier alpha value is -2.17. The van der Waals surface area contributed by atoms with Crippen LogP contribution in [0.3, 0.4) is 0 Å². The van der Waals surface area contributed by atoms with Crippen LogP contribution in [0.5, 0.6) is 11.5 Å². The molecule has 0 spiro atoms. The third-order valence-electron chi connectivity index (χ3n) is 2.83. The highest BCUT2D eigenvalue weighted by Gasteiger charge is 2.05. The van der Waals surface area contributed by atoms with Crippen LogP contribution in [-0.4, -0.2) is 22.0 Å². The summed E-state index contributed by atoms with van der Waals surface area (Å²) in [5.41, 5.74) is 2.13. The maximum absolute atomic E-state index is 9.52. The van der Waals surface area contributed by atoms with E-state index in [0.29, 0.717) is 12.3 Å². The fourth-order valence-electron chi connectivity index (χ4n) is 1.82. The molecule has 96 valence electrons. The zero-order valence-electron chi connectivity index (χ0n) is 10.8. The smallest absolute Gasteiger partial charge is 0.160 e. The molecule has 1 aromatic heterocycles. The molecule has 0 aliphatic carbocycles. The largest absolute Gasteiger partial charge is 0.504 e. The van der Waals surface area contributed by atoms with Crippen LogP contribution >= 0.6 is 0 Å². The molecule has 0 fully saturated rings. The van der Waals surface area contributed by atoms with Crippen molar-refractivity contribution in [3.8, 4) is 11.5 Å². The van der Waals surface area contributed by atoms with Gasteiger partial charge in [-0.25, -0.2) is 0 Å². The molecule has 2 N–H and O–H groups in total. The van der Waals surface area contributed by atoms with E-state index in [1.54, 1.807) is 10.7 Å². The topological polar surface area (TPSA) is 59.3 Å². The Morgan fingerprint density at radius 3 is 2.83 bits per heavy atom. The summed E-state index contributed by atoms with van der Waals surface area (Å²) in [6.45, 7) is 2.66. The summed E-state index contributed by atoms with van der Waals surface area (Å²) in [5, 5.41) is 17.0. The minimum absolute atomic E-state index is 0.151. The normalized spacial score (nSPS) is 10.4. The van der Waals surface area contributed by atoms with Gasteiger partial charge in [0.2, 0.25) is 0 Å². The molecule has 18 heavy (non-hydrogen) atoms. The number of aryl methyl sites for hydroxylation is 2. The van der Waals surface area contributed by atoms with Gasteiger partial charge in [-0.1, -0.05) is 6.07 Å². The summed E-state index contributed by atoms with van der Waals surface area (Å²) in [6, 6.07) is 5.30. The van der Waals surface area contributed by atoms with Crippen molar-refractivity contribution in [1.29, 1.82) is 0 Å². The molecule has 0 unspecified atom stereocenters. The summed E-state index contributed by atoms with van der Waals surface area (Å²) in [4.78, 5) is 0. The van der Waals surface area contributed by atoms with Gasteiger partial charge in [0.25, 0.3) is 0 Å².